The van der Waals surface area contributed by atoms with Crippen molar-refractivity contribution < 1.29 is 4.74 Å². The van der Waals surface area contributed by atoms with Gasteiger partial charge in [0, 0.05) is 13.7 Å². The number of anilines is 2. The summed E-state index contributed by atoms with van der Waals surface area (Å²) < 4.78 is 7.28. The number of aromatic nitrogens is 2. The fourth-order valence-corrected chi connectivity index (χ4v) is 1.94. The summed E-state index contributed by atoms with van der Waals surface area (Å²) in [5.41, 5.74) is 7.54. The minimum absolute atomic E-state index is 0.236. The number of nitrogens with two attached hydrogens (primary N) is 1. The van der Waals surface area contributed by atoms with Gasteiger partial charge >= 0.3 is 0 Å². The summed E-state index contributed by atoms with van der Waals surface area (Å²) in [7, 11) is 1.90. The number of nitrogens with one attached hydrogen (secondary N) is 1. The van der Waals surface area contributed by atoms with E-state index in [9.17, 15) is 0 Å². The van der Waals surface area contributed by atoms with Gasteiger partial charge in [-0.2, -0.15) is 5.10 Å². The summed E-state index contributed by atoms with van der Waals surface area (Å²) in [5.74, 6) is 0.898. The van der Waals surface area contributed by atoms with Crippen LogP contribution in [-0.2, 0) is 11.8 Å². The van der Waals surface area contributed by atoms with E-state index >= 15 is 0 Å². The van der Waals surface area contributed by atoms with Gasteiger partial charge in [0.2, 0.25) is 0 Å². The molecule has 0 radical (unpaired) electrons. The van der Waals surface area contributed by atoms with Crippen LogP contribution in [0, 0.1) is 6.92 Å². The number of aryl methyl sites for hydroxylation is 2. The summed E-state index contributed by atoms with van der Waals surface area (Å²) >= 11 is 0. The Labute approximate surface area is 89.6 Å². The molecule has 84 valence electrons. The van der Waals surface area contributed by atoms with Crippen molar-refractivity contribution in [3.05, 3.63) is 5.69 Å². The maximum Gasteiger partial charge on any atom is 0.148 e. The van der Waals surface area contributed by atoms with Crippen molar-refractivity contribution in [2.24, 2.45) is 7.05 Å². The van der Waals surface area contributed by atoms with E-state index in [1.54, 1.807) is 4.68 Å². The predicted octanol–water partition coefficient (Wildman–Crippen LogP) is 0.900. The molecule has 15 heavy (non-hydrogen) atoms. The molecule has 2 heterocycles. The van der Waals surface area contributed by atoms with Crippen LogP contribution in [-0.4, -0.2) is 28.5 Å². The molecule has 1 aliphatic rings. The Bertz CT molecular complexity index is 361. The molecular formula is C10H18N4O. The Balaban J connectivity index is 2.16. The van der Waals surface area contributed by atoms with Crippen LogP contribution in [0.2, 0.25) is 0 Å². The van der Waals surface area contributed by atoms with Crippen LogP contribution in [0.1, 0.15) is 19.0 Å². The molecule has 5 nitrogen and oxygen atoms in total. The van der Waals surface area contributed by atoms with E-state index in [2.05, 4.69) is 17.3 Å². The van der Waals surface area contributed by atoms with Crippen molar-refractivity contribution in [2.75, 3.05) is 17.7 Å². The summed E-state index contributed by atoms with van der Waals surface area (Å²) in [6, 6.07) is 0.335. The molecule has 3 N–H and O–H groups in total. The summed E-state index contributed by atoms with van der Waals surface area (Å²) in [6.07, 6.45) is 1.25. The molecule has 1 saturated heterocycles. The molecule has 2 unspecified atom stereocenters. The van der Waals surface area contributed by atoms with Crippen molar-refractivity contribution in [1.82, 2.24) is 9.78 Å². The minimum Gasteiger partial charge on any atom is -0.394 e. The molecule has 2 atom stereocenters. The molecule has 0 bridgehead atoms. The maximum atomic E-state index is 5.94. The second-order valence-electron chi connectivity index (χ2n) is 4.09. The lowest BCUT2D eigenvalue weighted by Gasteiger charge is -2.17. The highest BCUT2D eigenvalue weighted by atomic mass is 16.5. The maximum absolute atomic E-state index is 5.94. The molecule has 0 spiro atoms. The van der Waals surface area contributed by atoms with Crippen molar-refractivity contribution in [3.8, 4) is 0 Å². The summed E-state index contributed by atoms with van der Waals surface area (Å²) in [5, 5.41) is 7.66. The highest BCUT2D eigenvalue weighted by molar-refractivity contribution is 5.65. The van der Waals surface area contributed by atoms with E-state index in [0.717, 1.165) is 30.2 Å². The van der Waals surface area contributed by atoms with Gasteiger partial charge in [-0.05, 0) is 20.3 Å². The van der Waals surface area contributed by atoms with Crippen LogP contribution < -0.4 is 11.1 Å². The van der Waals surface area contributed by atoms with E-state index in [0.29, 0.717) is 6.04 Å². The molecular weight excluding hydrogens is 192 g/mol. The van der Waals surface area contributed by atoms with Crippen LogP contribution in [0.25, 0.3) is 0 Å². The lowest BCUT2D eigenvalue weighted by Crippen LogP contribution is -2.28. The van der Waals surface area contributed by atoms with Gasteiger partial charge in [-0.3, -0.25) is 4.68 Å². The van der Waals surface area contributed by atoms with Crippen LogP contribution >= 0.6 is 0 Å². The number of hydrogen-bond donors (Lipinski definition) is 2. The van der Waals surface area contributed by atoms with E-state index in [1.165, 1.54) is 0 Å². The van der Waals surface area contributed by atoms with Crippen molar-refractivity contribution in [2.45, 2.75) is 32.4 Å². The lowest BCUT2D eigenvalue weighted by atomic mass is 10.1. The quantitative estimate of drug-likeness (QED) is 0.761. The number of rotatable bonds is 2. The van der Waals surface area contributed by atoms with Crippen molar-refractivity contribution in [1.29, 1.82) is 0 Å². The molecule has 1 aliphatic heterocycles. The average Bonchev–Trinajstić information content (AvgIpc) is 2.67. The van der Waals surface area contributed by atoms with Crippen molar-refractivity contribution >= 4 is 11.5 Å². The fourth-order valence-electron chi connectivity index (χ4n) is 1.94. The van der Waals surface area contributed by atoms with Gasteiger partial charge in [-0.15, -0.1) is 0 Å². The number of ether oxygens (including phenoxy) is 1. The first-order valence-electron chi connectivity index (χ1n) is 5.27. The Kier molecular flexibility index (Phi) is 2.56. The largest absolute Gasteiger partial charge is 0.394 e. The van der Waals surface area contributed by atoms with Crippen LogP contribution in [0.5, 0.6) is 0 Å². The standard InChI is InChI=1S/C10H18N4O/c1-6-9(11)10(14(3)13-6)12-8-4-5-15-7(8)2/h7-8,12H,4-5,11H2,1-3H3. The van der Waals surface area contributed by atoms with Gasteiger partial charge in [-0.1, -0.05) is 0 Å². The zero-order valence-electron chi connectivity index (χ0n) is 9.45. The SMILES string of the molecule is Cc1nn(C)c(NC2CCOC2C)c1N. The molecule has 0 aliphatic carbocycles. The molecule has 2 rings (SSSR count). The first-order valence-corrected chi connectivity index (χ1v) is 5.27. The molecule has 1 aromatic heterocycles. The Morgan fingerprint density at radius 2 is 2.33 bits per heavy atom. The number of nitrogen functional groups attached to an aromatic ring is 1. The second-order valence-corrected chi connectivity index (χ2v) is 4.09. The summed E-state index contributed by atoms with van der Waals surface area (Å²) in [6.45, 7) is 4.80. The molecule has 0 aromatic carbocycles. The normalized spacial score (nSPS) is 25.8. The molecule has 1 fully saturated rings. The second kappa shape index (κ2) is 3.73. The first-order chi connectivity index (χ1) is 7.09. The topological polar surface area (TPSA) is 65.1 Å². The summed E-state index contributed by atoms with van der Waals surface area (Å²) in [4.78, 5) is 0. The highest BCUT2D eigenvalue weighted by Crippen LogP contribution is 2.25. The Morgan fingerprint density at radius 1 is 1.60 bits per heavy atom. The van der Waals surface area contributed by atoms with E-state index in [4.69, 9.17) is 10.5 Å². The monoisotopic (exact) mass is 210 g/mol. The molecule has 0 amide bonds. The smallest absolute Gasteiger partial charge is 0.148 e. The van der Waals surface area contributed by atoms with Crippen LogP contribution in [0.15, 0.2) is 0 Å². The van der Waals surface area contributed by atoms with Crippen LogP contribution in [0.4, 0.5) is 11.5 Å². The zero-order valence-corrected chi connectivity index (χ0v) is 9.45. The predicted molar refractivity (Wildman–Crippen MR) is 59.8 cm³/mol. The molecule has 1 aromatic rings. The van der Waals surface area contributed by atoms with Crippen molar-refractivity contribution in [3.63, 3.8) is 0 Å². The lowest BCUT2D eigenvalue weighted by molar-refractivity contribution is 0.121. The van der Waals surface area contributed by atoms with Gasteiger partial charge in [-0.25, -0.2) is 0 Å². The number of nitrogens with zero attached hydrogens (tertiary/aromatic N) is 2. The Morgan fingerprint density at radius 3 is 2.80 bits per heavy atom. The minimum atomic E-state index is 0.236. The van der Waals surface area contributed by atoms with Gasteiger partial charge in [0.1, 0.15) is 5.82 Å². The van der Waals surface area contributed by atoms with Crippen LogP contribution in [0.3, 0.4) is 0 Å². The van der Waals surface area contributed by atoms with E-state index in [1.807, 2.05) is 14.0 Å². The first kappa shape index (κ1) is 10.3. The third kappa shape index (κ3) is 1.79. The third-order valence-electron chi connectivity index (χ3n) is 2.97. The van der Waals surface area contributed by atoms with Gasteiger partial charge in [0.05, 0.1) is 23.5 Å². The third-order valence-corrected chi connectivity index (χ3v) is 2.97. The van der Waals surface area contributed by atoms with Gasteiger partial charge < -0.3 is 15.8 Å². The molecule has 5 heteroatoms. The Hall–Kier alpha value is -1.23. The van der Waals surface area contributed by atoms with E-state index < -0.39 is 0 Å². The van der Waals surface area contributed by atoms with Gasteiger partial charge in [0.25, 0.3) is 0 Å². The van der Waals surface area contributed by atoms with E-state index in [-0.39, 0.29) is 6.10 Å². The zero-order chi connectivity index (χ0) is 11.0. The van der Waals surface area contributed by atoms with Gasteiger partial charge in [0.15, 0.2) is 0 Å². The number of hydrogen-bond acceptors (Lipinski definition) is 4. The highest BCUT2D eigenvalue weighted by Gasteiger charge is 2.25. The molecule has 0 saturated carbocycles. The average molecular weight is 210 g/mol. The fraction of sp³-hybridized carbons (Fsp3) is 0.700.